The molecule has 0 radical (unpaired) electrons. The van der Waals surface area contributed by atoms with Crippen molar-refractivity contribution in [2.45, 2.75) is 120 Å². The number of likely N-dealkylation sites (tertiary alicyclic amines) is 3. The third-order valence-corrected chi connectivity index (χ3v) is 17.5. The highest BCUT2D eigenvalue weighted by Crippen LogP contribution is 2.52. The topological polar surface area (TPSA) is 182 Å². The Morgan fingerprint density at radius 1 is 0.811 bits per heavy atom. The van der Waals surface area contributed by atoms with Crippen molar-refractivity contribution in [1.29, 1.82) is 0 Å². The maximum absolute atomic E-state index is 15.3. The van der Waals surface area contributed by atoms with Crippen LogP contribution in [0.1, 0.15) is 114 Å². The Morgan fingerprint density at radius 3 is 2.31 bits per heavy atom. The molecule has 12 rings (SSSR count). The standard InChI is InChI=1S/C56H65FN12O5/c1-34(2)68-33-60-46-29-45(62-51(50(46)68)61-44-12-18-58-31-43(44)57)36-6-9-42-47(26-36)69(40-27-39(28-40)64-19-4-3-5-20-64)55(74)56(42)16-24-66(25-17-56)54(73)38-15-23-67(32-38)53(72)35-13-21-65(22-14-35)48-10-7-37(30-59-48)41-8-11-49(70)63-52(41)71/h6-7,9-10,12,18,26,29-31,33-35,38-41H,3-5,8,11,13-17,19-25,27-28,32H2,1-2H3,(H,58,61,62)(H,63,70,71)/t38-,39?,40?,41?/m0/s1. The highest BCUT2D eigenvalue weighted by atomic mass is 19.1. The number of hydrogen-bond acceptors (Lipinski definition) is 12. The van der Waals surface area contributed by atoms with E-state index in [0.717, 1.165) is 59.6 Å². The number of pyridine rings is 3. The van der Waals surface area contributed by atoms with Gasteiger partial charge in [0, 0.05) is 93.4 Å². The van der Waals surface area contributed by atoms with Gasteiger partial charge in [-0.15, -0.1) is 0 Å². The minimum absolute atomic E-state index is 0.0653. The Bertz CT molecular complexity index is 3010. The number of nitrogens with one attached hydrogen (secondary N) is 2. The van der Waals surface area contributed by atoms with Gasteiger partial charge < -0.3 is 34.4 Å². The van der Waals surface area contributed by atoms with E-state index in [1.807, 2.05) is 38.6 Å². The quantitative estimate of drug-likeness (QED) is 0.139. The van der Waals surface area contributed by atoms with Crippen LogP contribution in [0.3, 0.4) is 0 Å². The van der Waals surface area contributed by atoms with Crippen LogP contribution in [0.4, 0.5) is 27.4 Å². The lowest BCUT2D eigenvalue weighted by Gasteiger charge is -2.48. The van der Waals surface area contributed by atoms with Crippen LogP contribution in [0.25, 0.3) is 22.3 Å². The number of hydrogen-bond donors (Lipinski definition) is 2. The minimum atomic E-state index is -0.766. The minimum Gasteiger partial charge on any atom is -0.357 e. The van der Waals surface area contributed by atoms with E-state index in [1.54, 1.807) is 24.8 Å². The first-order chi connectivity index (χ1) is 35.9. The van der Waals surface area contributed by atoms with Crippen LogP contribution in [0.2, 0.25) is 0 Å². The molecule has 0 bridgehead atoms. The molecule has 5 saturated heterocycles. The Hall–Kier alpha value is -6.82. The van der Waals surface area contributed by atoms with Gasteiger partial charge in [-0.25, -0.2) is 19.3 Å². The zero-order valence-corrected chi connectivity index (χ0v) is 42.3. The van der Waals surface area contributed by atoms with Crippen LogP contribution >= 0.6 is 0 Å². The summed E-state index contributed by atoms with van der Waals surface area (Å²) >= 11 is 0. The van der Waals surface area contributed by atoms with Gasteiger partial charge in [0.05, 0.1) is 46.7 Å². The number of carbonyl (C=O) groups excluding carboxylic acids is 5. The SMILES string of the molecule is CC(C)n1cnc2cc(-c3ccc4c(c3)N(C3CC(N5CCCCC5)C3)C(=O)C43CCN(C(=O)[C@H]4CCN(C(=O)C5CCN(c6ccc(C7CCC(=O)NC7=O)cn6)CC5)C4)CC3)nc(Nc3ccncc3F)c21. The molecule has 2 N–H and O–H groups in total. The Balaban J connectivity index is 0.729. The smallest absolute Gasteiger partial charge is 0.238 e. The van der Waals surface area contributed by atoms with E-state index in [-0.39, 0.29) is 65.1 Å². The summed E-state index contributed by atoms with van der Waals surface area (Å²) in [6.07, 6.45) is 15.6. The molecule has 6 fully saturated rings. The summed E-state index contributed by atoms with van der Waals surface area (Å²) in [5.41, 5.74) is 5.16. The summed E-state index contributed by atoms with van der Waals surface area (Å²) in [7, 11) is 0. The molecule has 17 nitrogen and oxygen atoms in total. The highest BCUT2D eigenvalue weighted by Gasteiger charge is 2.56. The van der Waals surface area contributed by atoms with Gasteiger partial charge in [0.1, 0.15) is 11.3 Å². The number of anilines is 4. The van der Waals surface area contributed by atoms with Crippen molar-refractivity contribution in [3.05, 3.63) is 84.3 Å². The van der Waals surface area contributed by atoms with Crippen LogP contribution in [0.5, 0.6) is 0 Å². The van der Waals surface area contributed by atoms with Gasteiger partial charge >= 0.3 is 0 Å². The number of amides is 5. The Kier molecular flexibility index (Phi) is 12.7. The summed E-state index contributed by atoms with van der Waals surface area (Å²) < 4.78 is 17.1. The predicted octanol–water partition coefficient (Wildman–Crippen LogP) is 6.86. The van der Waals surface area contributed by atoms with E-state index in [2.05, 4.69) is 61.3 Å². The van der Waals surface area contributed by atoms with Gasteiger partial charge in [-0.2, -0.15) is 0 Å². The normalized spacial score (nSPS) is 24.5. The number of fused-ring (bicyclic) bond motifs is 3. The fourth-order valence-electron chi connectivity index (χ4n) is 13.2. The Morgan fingerprint density at radius 2 is 1.58 bits per heavy atom. The van der Waals surface area contributed by atoms with E-state index in [0.29, 0.717) is 107 Å². The summed E-state index contributed by atoms with van der Waals surface area (Å²) in [6, 6.07) is 14.3. The van der Waals surface area contributed by atoms with Crippen molar-refractivity contribution in [1.82, 2.24) is 44.5 Å². The number of benzene rings is 1. The highest BCUT2D eigenvalue weighted by molar-refractivity contribution is 6.09. The molecule has 5 aromatic rings. The van der Waals surface area contributed by atoms with E-state index < -0.39 is 11.2 Å². The number of imidazole rings is 1. The van der Waals surface area contributed by atoms with Crippen molar-refractivity contribution in [2.24, 2.45) is 11.8 Å². The second-order valence-electron chi connectivity index (χ2n) is 22.1. The molecule has 10 heterocycles. The van der Waals surface area contributed by atoms with Crippen LogP contribution in [-0.2, 0) is 29.4 Å². The number of nitrogens with zero attached hydrogens (tertiary/aromatic N) is 10. The molecule has 386 valence electrons. The summed E-state index contributed by atoms with van der Waals surface area (Å²) in [5.74, 6) is -0.226. The summed E-state index contributed by atoms with van der Waals surface area (Å²) in [6.45, 7) is 9.60. The summed E-state index contributed by atoms with van der Waals surface area (Å²) in [4.78, 5) is 96.8. The number of carbonyl (C=O) groups is 5. The van der Waals surface area contributed by atoms with Crippen LogP contribution in [0.15, 0.2) is 67.4 Å². The monoisotopic (exact) mass is 1000 g/mol. The van der Waals surface area contributed by atoms with Gasteiger partial charge in [-0.1, -0.05) is 24.6 Å². The zero-order chi connectivity index (χ0) is 50.8. The molecule has 7 aliphatic rings. The number of piperidine rings is 4. The van der Waals surface area contributed by atoms with Gasteiger partial charge in [0.15, 0.2) is 11.6 Å². The molecular weight excluding hydrogens is 940 g/mol. The van der Waals surface area contributed by atoms with Gasteiger partial charge in [-0.05, 0) is 127 Å². The molecule has 6 aliphatic heterocycles. The molecule has 5 amide bonds. The van der Waals surface area contributed by atoms with Crippen LogP contribution < -0.4 is 20.4 Å². The number of rotatable bonds is 10. The van der Waals surface area contributed by atoms with E-state index in [9.17, 15) is 19.2 Å². The average Bonchev–Trinajstić information content (AvgIpc) is 4.14. The Labute approximate surface area is 430 Å². The second kappa shape index (κ2) is 19.5. The average molecular weight is 1010 g/mol. The molecule has 1 spiro atoms. The lowest BCUT2D eigenvalue weighted by Crippen LogP contribution is -2.58. The number of imide groups is 1. The van der Waals surface area contributed by atoms with Crippen molar-refractivity contribution in [3.8, 4) is 11.3 Å². The van der Waals surface area contributed by atoms with Crippen molar-refractivity contribution < 1.29 is 28.4 Å². The largest absolute Gasteiger partial charge is 0.357 e. The molecule has 2 atom stereocenters. The van der Waals surface area contributed by atoms with Crippen LogP contribution in [-0.4, -0.2) is 133 Å². The van der Waals surface area contributed by atoms with Crippen LogP contribution in [0, 0.1) is 17.7 Å². The zero-order valence-electron chi connectivity index (χ0n) is 42.3. The molecule has 1 saturated carbocycles. The molecule has 74 heavy (non-hydrogen) atoms. The van der Waals surface area contributed by atoms with Gasteiger partial charge in [-0.3, -0.25) is 34.3 Å². The lowest BCUT2D eigenvalue weighted by atomic mass is 9.73. The first-order valence-electron chi connectivity index (χ1n) is 27.0. The first kappa shape index (κ1) is 48.1. The maximum Gasteiger partial charge on any atom is 0.238 e. The van der Waals surface area contributed by atoms with Crippen molar-refractivity contribution in [3.63, 3.8) is 0 Å². The third-order valence-electron chi connectivity index (χ3n) is 17.5. The maximum atomic E-state index is 15.3. The number of aromatic nitrogens is 5. The summed E-state index contributed by atoms with van der Waals surface area (Å²) in [5, 5.41) is 5.66. The molecule has 1 unspecified atom stereocenters. The molecule has 1 aromatic carbocycles. The first-order valence-corrected chi connectivity index (χ1v) is 27.0. The van der Waals surface area contributed by atoms with Crippen molar-refractivity contribution in [2.75, 3.05) is 67.5 Å². The van der Waals surface area contributed by atoms with Gasteiger partial charge in [0.25, 0.3) is 0 Å². The van der Waals surface area contributed by atoms with Gasteiger partial charge in [0.2, 0.25) is 29.5 Å². The molecule has 1 aliphatic carbocycles. The van der Waals surface area contributed by atoms with E-state index in [4.69, 9.17) is 9.97 Å². The fourth-order valence-corrected chi connectivity index (χ4v) is 13.2. The molecule has 4 aromatic heterocycles. The third kappa shape index (κ3) is 8.65. The number of halogens is 1. The van der Waals surface area contributed by atoms with E-state index >= 15 is 9.18 Å². The second-order valence-corrected chi connectivity index (χ2v) is 22.1. The van der Waals surface area contributed by atoms with E-state index in [1.165, 1.54) is 25.5 Å². The molecule has 18 heteroatoms. The molecular formula is C56H65FN12O5. The fraction of sp³-hybridized carbons (Fsp3) is 0.518. The lowest BCUT2D eigenvalue weighted by molar-refractivity contribution is -0.140. The predicted molar refractivity (Wildman–Crippen MR) is 277 cm³/mol. The van der Waals surface area contributed by atoms with Crippen molar-refractivity contribution >= 4 is 63.6 Å².